The number of nitrogens with two attached hydrogens (primary N) is 2. The largest absolute Gasteiger partial charge is 0.381 e. The number of urea groups is 1. The second-order valence-corrected chi connectivity index (χ2v) is 11.0. The number of piperidine rings is 2. The molecule has 0 spiro atoms. The predicted molar refractivity (Wildman–Crippen MR) is 162 cm³/mol. The van der Waals surface area contributed by atoms with Crippen LogP contribution in [0.1, 0.15) is 47.5 Å². The number of primary amides is 1. The third kappa shape index (κ3) is 6.99. The Morgan fingerprint density at radius 1 is 1.07 bits per heavy atom. The first-order valence-corrected chi connectivity index (χ1v) is 14.5. The van der Waals surface area contributed by atoms with Crippen molar-refractivity contribution in [2.75, 3.05) is 50.9 Å². The molecule has 15 heteroatoms. The summed E-state index contributed by atoms with van der Waals surface area (Å²) in [5.74, 6) is -0.526. The number of aromatic nitrogens is 4. The first-order chi connectivity index (χ1) is 21.2. The van der Waals surface area contributed by atoms with Crippen molar-refractivity contribution in [1.29, 1.82) is 0 Å². The van der Waals surface area contributed by atoms with E-state index in [4.69, 9.17) is 11.5 Å². The summed E-state index contributed by atoms with van der Waals surface area (Å²) in [5.41, 5.74) is 12.7. The van der Waals surface area contributed by atoms with Crippen molar-refractivity contribution in [3.05, 3.63) is 60.1 Å². The van der Waals surface area contributed by atoms with Gasteiger partial charge in [-0.2, -0.15) is 0 Å². The molecule has 0 bridgehead atoms. The van der Waals surface area contributed by atoms with Crippen molar-refractivity contribution >= 4 is 41.2 Å². The minimum Gasteiger partial charge on any atom is -0.381 e. The van der Waals surface area contributed by atoms with Crippen molar-refractivity contribution in [1.82, 2.24) is 34.3 Å². The fourth-order valence-electron chi connectivity index (χ4n) is 5.65. The molecule has 3 aromatic heterocycles. The Bertz CT molecular complexity index is 1570. The van der Waals surface area contributed by atoms with E-state index in [0.717, 1.165) is 61.2 Å². The molecule has 3 aliphatic heterocycles. The van der Waals surface area contributed by atoms with E-state index < -0.39 is 17.8 Å². The van der Waals surface area contributed by atoms with Crippen LogP contribution in [0.2, 0.25) is 0 Å². The smallest absolute Gasteiger partial charge is 0.320 e. The highest BCUT2D eigenvalue weighted by molar-refractivity contribution is 6.11. The second kappa shape index (κ2) is 13.6. The van der Waals surface area contributed by atoms with Gasteiger partial charge in [-0.1, -0.05) is 0 Å². The maximum absolute atomic E-state index is 13.5. The molecular weight excluding hydrogens is 569 g/mol. The quantitative estimate of drug-likeness (QED) is 0.404. The van der Waals surface area contributed by atoms with Gasteiger partial charge in [-0.25, -0.2) is 18.7 Å². The Hall–Kier alpha value is -4.92. The number of hydrogen-bond acceptors (Lipinski definition) is 9. The van der Waals surface area contributed by atoms with Gasteiger partial charge in [0.05, 0.1) is 24.3 Å². The number of amides is 4. The molecule has 6 rings (SSSR count). The van der Waals surface area contributed by atoms with Gasteiger partial charge in [0.25, 0.3) is 5.91 Å². The summed E-state index contributed by atoms with van der Waals surface area (Å²) in [6.07, 6.45) is 13.8. The van der Waals surface area contributed by atoms with E-state index in [0.29, 0.717) is 25.4 Å². The molecule has 14 nitrogen and oxygen atoms in total. The Balaban J connectivity index is 0.000000367. The third-order valence-electron chi connectivity index (χ3n) is 8.09. The summed E-state index contributed by atoms with van der Waals surface area (Å²) in [4.78, 5) is 54.0. The molecule has 5 N–H and O–H groups in total. The van der Waals surface area contributed by atoms with Gasteiger partial charge in [-0.15, -0.1) is 5.10 Å². The second-order valence-electron chi connectivity index (χ2n) is 11.0. The third-order valence-corrected chi connectivity index (χ3v) is 8.09. The topological polar surface area (TPSA) is 180 Å². The molecule has 2 saturated heterocycles. The number of carbonyl (C=O) groups is 3. The minimum atomic E-state index is -0.581. The van der Waals surface area contributed by atoms with Gasteiger partial charge < -0.3 is 26.6 Å². The number of nitrogens with zero attached hydrogens (tertiary/aromatic N) is 8. The molecule has 2 fully saturated rings. The molecule has 44 heavy (non-hydrogen) atoms. The van der Waals surface area contributed by atoms with E-state index in [9.17, 15) is 18.8 Å². The number of nitrogen functional groups attached to an aromatic ring is 1. The summed E-state index contributed by atoms with van der Waals surface area (Å²) in [5, 5.41) is 6.89. The van der Waals surface area contributed by atoms with Gasteiger partial charge >= 0.3 is 6.03 Å². The van der Waals surface area contributed by atoms with E-state index >= 15 is 0 Å². The summed E-state index contributed by atoms with van der Waals surface area (Å²) < 4.78 is 14.6. The van der Waals surface area contributed by atoms with Gasteiger partial charge in [-0.05, 0) is 69.4 Å². The average molecular weight is 606 g/mol. The van der Waals surface area contributed by atoms with E-state index in [1.165, 1.54) is 4.90 Å². The molecule has 6 heterocycles. The van der Waals surface area contributed by atoms with Crippen molar-refractivity contribution in [2.45, 2.75) is 31.6 Å². The van der Waals surface area contributed by atoms with Gasteiger partial charge in [0.2, 0.25) is 5.91 Å². The highest BCUT2D eigenvalue weighted by Gasteiger charge is 2.31. The zero-order valence-electron chi connectivity index (χ0n) is 24.5. The van der Waals surface area contributed by atoms with Crippen LogP contribution in [-0.2, 0) is 4.79 Å². The molecule has 0 unspecified atom stereocenters. The highest BCUT2D eigenvalue weighted by Crippen LogP contribution is 2.34. The molecule has 0 saturated carbocycles. The average Bonchev–Trinajstić information content (AvgIpc) is 3.37. The highest BCUT2D eigenvalue weighted by atomic mass is 19.1. The van der Waals surface area contributed by atoms with Crippen LogP contribution >= 0.6 is 0 Å². The molecule has 0 radical (unpaired) electrons. The number of likely N-dealkylation sites (tertiary alicyclic amines) is 2. The van der Waals surface area contributed by atoms with Gasteiger partial charge in [0.1, 0.15) is 12.2 Å². The number of allylic oxidation sites excluding steroid dienone is 1. The number of aliphatic imine (C=N–C) groups is 1. The van der Waals surface area contributed by atoms with Crippen LogP contribution in [0.5, 0.6) is 0 Å². The maximum atomic E-state index is 13.5. The number of hydrogen-bond donors (Lipinski definition) is 3. The fourth-order valence-corrected chi connectivity index (χ4v) is 5.65. The lowest BCUT2D eigenvalue weighted by molar-refractivity contribution is -0.138. The lowest BCUT2D eigenvalue weighted by Crippen LogP contribution is -2.44. The standard InChI is InChI=1S/C24H29FN8O2.C5H7N3O/c1-31-8-3-16(4-9-31)24(35)32-10-5-15(6-11-32)18-2-7-27-13-19(18)29-23(34)20-21(26)30-33-14-17(25)12-28-22(20)33;6-5(9)8-3-1-2-7-4-8/h2,7,12-16H,3-6,8-11H2,1H3,(H2,26,30)(H,29,34);1-3H,4H2,(H2,6,9). The summed E-state index contributed by atoms with van der Waals surface area (Å²) >= 11 is 0. The molecular formula is C29H36FN11O3. The lowest BCUT2D eigenvalue weighted by atomic mass is 9.87. The predicted octanol–water partition coefficient (Wildman–Crippen LogP) is 2.07. The summed E-state index contributed by atoms with van der Waals surface area (Å²) in [7, 11) is 2.09. The molecule has 0 atom stereocenters. The Morgan fingerprint density at radius 2 is 1.82 bits per heavy atom. The van der Waals surface area contributed by atoms with Crippen LogP contribution < -0.4 is 16.8 Å². The Kier molecular flexibility index (Phi) is 9.43. The molecule has 0 aliphatic carbocycles. The number of halogens is 1. The first kappa shape index (κ1) is 30.5. The summed E-state index contributed by atoms with van der Waals surface area (Å²) in [6, 6.07) is 1.44. The lowest BCUT2D eigenvalue weighted by Gasteiger charge is -2.37. The van der Waals surface area contributed by atoms with E-state index in [1.54, 1.807) is 30.9 Å². The number of pyridine rings is 1. The van der Waals surface area contributed by atoms with Gasteiger partial charge in [0.15, 0.2) is 17.3 Å². The number of carbonyl (C=O) groups excluding carboxylic acids is 3. The number of rotatable bonds is 4. The van der Waals surface area contributed by atoms with Crippen molar-refractivity contribution in [3.63, 3.8) is 0 Å². The number of nitrogens with one attached hydrogen (secondary N) is 1. The summed E-state index contributed by atoms with van der Waals surface area (Å²) in [6.45, 7) is 3.67. The maximum Gasteiger partial charge on any atom is 0.320 e. The normalized spacial score (nSPS) is 17.8. The minimum absolute atomic E-state index is 0.0354. The molecule has 0 aromatic carbocycles. The molecule has 3 aliphatic rings. The first-order valence-electron chi connectivity index (χ1n) is 14.5. The number of fused-ring (bicyclic) bond motifs is 1. The van der Waals surface area contributed by atoms with Gasteiger partial charge in [0, 0.05) is 37.6 Å². The van der Waals surface area contributed by atoms with Gasteiger partial charge in [-0.3, -0.25) is 24.5 Å². The van der Waals surface area contributed by atoms with Crippen molar-refractivity contribution < 1.29 is 18.8 Å². The van der Waals surface area contributed by atoms with Crippen molar-refractivity contribution in [3.8, 4) is 0 Å². The molecule has 4 amide bonds. The van der Waals surface area contributed by atoms with E-state index in [-0.39, 0.29) is 34.8 Å². The molecule has 3 aromatic rings. The number of anilines is 2. The van der Waals surface area contributed by atoms with Crippen LogP contribution in [0.25, 0.3) is 5.65 Å². The monoisotopic (exact) mass is 605 g/mol. The zero-order valence-corrected chi connectivity index (χ0v) is 24.5. The van der Waals surface area contributed by atoms with Crippen LogP contribution in [-0.4, -0.2) is 98.2 Å². The van der Waals surface area contributed by atoms with Crippen molar-refractivity contribution in [2.24, 2.45) is 16.6 Å². The van der Waals surface area contributed by atoms with E-state index in [2.05, 4.69) is 37.3 Å². The Labute approximate surface area is 253 Å². The SMILES string of the molecule is CN1CCC(C(=O)N2CCC(c3ccncc3NC(=O)c3c(N)nn4cc(F)cnc34)CC2)CC1.NC(=O)N1C=CC=NC1. The van der Waals surface area contributed by atoms with Crippen LogP contribution in [0.3, 0.4) is 0 Å². The molecule has 232 valence electrons. The van der Waals surface area contributed by atoms with Crippen LogP contribution in [0.4, 0.5) is 20.7 Å². The zero-order chi connectivity index (χ0) is 31.2. The van der Waals surface area contributed by atoms with E-state index in [1.807, 2.05) is 11.0 Å². The van der Waals surface area contributed by atoms with Crippen LogP contribution in [0.15, 0.2) is 48.1 Å². The fraction of sp³-hybridized carbons (Fsp3) is 0.414. The Morgan fingerprint density at radius 3 is 2.48 bits per heavy atom. The van der Waals surface area contributed by atoms with Crippen LogP contribution in [0, 0.1) is 11.7 Å².